The lowest BCUT2D eigenvalue weighted by atomic mass is 9.94. The number of hydrogen-bond donors (Lipinski definition) is 0. The van der Waals surface area contributed by atoms with Crippen molar-refractivity contribution in [3.63, 3.8) is 0 Å². The van der Waals surface area contributed by atoms with Crippen LogP contribution in [0, 0.1) is 5.92 Å². The minimum absolute atomic E-state index is 0.0889. The zero-order valence-corrected chi connectivity index (χ0v) is 7.64. The second kappa shape index (κ2) is 2.43. The topological polar surface area (TPSA) is 52.6 Å². The van der Waals surface area contributed by atoms with Crippen molar-refractivity contribution in [1.82, 2.24) is 0 Å². The van der Waals surface area contributed by atoms with Gasteiger partial charge in [-0.3, -0.25) is 0 Å². The summed E-state index contributed by atoms with van der Waals surface area (Å²) in [6.07, 6.45) is 0. The largest absolute Gasteiger partial charge is 0.400 e. The van der Waals surface area contributed by atoms with Crippen molar-refractivity contribution in [2.45, 2.75) is 26.4 Å². The van der Waals surface area contributed by atoms with Crippen molar-refractivity contribution in [3.05, 3.63) is 0 Å². The molecule has 1 atom stereocenters. The van der Waals surface area contributed by atoms with Crippen LogP contribution in [-0.2, 0) is 18.8 Å². The monoisotopic (exact) mass is 180 g/mol. The molecule has 1 saturated heterocycles. The molecular weight excluding hydrogens is 168 g/mol. The third-order valence-electron chi connectivity index (χ3n) is 1.97. The number of rotatable bonds is 0. The second-order valence-corrected chi connectivity index (χ2v) is 4.50. The molecule has 11 heavy (non-hydrogen) atoms. The van der Waals surface area contributed by atoms with E-state index in [9.17, 15) is 8.42 Å². The summed E-state index contributed by atoms with van der Waals surface area (Å²) in [5, 5.41) is 0. The lowest BCUT2D eigenvalue weighted by Gasteiger charge is -2.34. The smallest absolute Gasteiger partial charge is 0.248 e. The van der Waals surface area contributed by atoms with Gasteiger partial charge in [-0.15, -0.1) is 0 Å². The molecule has 4 nitrogen and oxygen atoms in total. The lowest BCUT2D eigenvalue weighted by molar-refractivity contribution is -0.0193. The predicted octanol–water partition coefficient (Wildman–Crippen LogP) is 0.693. The zero-order valence-electron chi connectivity index (χ0n) is 6.83. The number of hydrogen-bond acceptors (Lipinski definition) is 4. The first kappa shape index (κ1) is 8.96. The van der Waals surface area contributed by atoms with Gasteiger partial charge in [0.1, 0.15) is 0 Å². The van der Waals surface area contributed by atoms with E-state index >= 15 is 0 Å². The van der Waals surface area contributed by atoms with Gasteiger partial charge in [-0.25, -0.2) is 8.37 Å². The van der Waals surface area contributed by atoms with Gasteiger partial charge in [-0.1, -0.05) is 6.92 Å². The van der Waals surface area contributed by atoms with Crippen LogP contribution >= 0.6 is 0 Å². The molecule has 1 aliphatic rings. The molecule has 0 N–H and O–H groups in total. The maximum absolute atomic E-state index is 10.8. The Kier molecular flexibility index (Phi) is 1.98. The van der Waals surface area contributed by atoms with Gasteiger partial charge in [0.15, 0.2) is 0 Å². The van der Waals surface area contributed by atoms with Crippen LogP contribution in [0.4, 0.5) is 0 Å². The molecule has 0 aromatic carbocycles. The van der Waals surface area contributed by atoms with Crippen LogP contribution in [-0.4, -0.2) is 20.6 Å². The molecule has 0 aliphatic carbocycles. The van der Waals surface area contributed by atoms with E-state index in [0.717, 1.165) is 0 Å². The summed E-state index contributed by atoms with van der Waals surface area (Å²) in [6.45, 7) is 5.56. The molecule has 0 amide bonds. The summed E-state index contributed by atoms with van der Waals surface area (Å²) in [4.78, 5) is 0. The Balaban J connectivity index is 2.83. The quantitative estimate of drug-likeness (QED) is 0.550. The normalized spacial score (nSPS) is 35.0. The average Bonchev–Trinajstić information content (AvgIpc) is 1.77. The van der Waals surface area contributed by atoms with Crippen molar-refractivity contribution in [1.29, 1.82) is 0 Å². The lowest BCUT2D eigenvalue weighted by Crippen LogP contribution is -2.43. The van der Waals surface area contributed by atoms with Crippen molar-refractivity contribution >= 4 is 10.4 Å². The molecule has 0 radical (unpaired) electrons. The minimum atomic E-state index is -3.72. The van der Waals surface area contributed by atoms with Gasteiger partial charge in [0.25, 0.3) is 0 Å². The van der Waals surface area contributed by atoms with Crippen LogP contribution in [0.1, 0.15) is 20.8 Å². The van der Waals surface area contributed by atoms with Crippen molar-refractivity contribution in [3.8, 4) is 0 Å². The van der Waals surface area contributed by atoms with Crippen LogP contribution < -0.4 is 0 Å². The van der Waals surface area contributed by atoms with Crippen molar-refractivity contribution in [2.75, 3.05) is 6.61 Å². The van der Waals surface area contributed by atoms with Crippen LogP contribution in [0.3, 0.4) is 0 Å². The van der Waals surface area contributed by atoms with Gasteiger partial charge in [0.2, 0.25) is 0 Å². The van der Waals surface area contributed by atoms with E-state index in [0.29, 0.717) is 0 Å². The fraction of sp³-hybridized carbons (Fsp3) is 1.00. The molecule has 0 saturated carbocycles. The molecule has 0 aromatic heterocycles. The highest BCUT2D eigenvalue weighted by Gasteiger charge is 2.38. The first-order valence-corrected chi connectivity index (χ1v) is 4.77. The third-order valence-corrected chi connectivity index (χ3v) is 3.02. The van der Waals surface area contributed by atoms with Gasteiger partial charge in [-0.05, 0) is 13.8 Å². The zero-order chi connectivity index (χ0) is 8.70. The van der Waals surface area contributed by atoms with Gasteiger partial charge < -0.3 is 0 Å². The molecule has 0 unspecified atom stereocenters. The molecule has 0 bridgehead atoms. The van der Waals surface area contributed by atoms with Crippen LogP contribution in [0.15, 0.2) is 0 Å². The second-order valence-electron chi connectivity index (χ2n) is 3.28. The van der Waals surface area contributed by atoms with Crippen LogP contribution in [0.5, 0.6) is 0 Å². The minimum Gasteiger partial charge on any atom is -0.248 e. The predicted molar refractivity (Wildman–Crippen MR) is 39.2 cm³/mol. The Morgan fingerprint density at radius 2 is 2.00 bits per heavy atom. The Morgan fingerprint density at radius 1 is 1.45 bits per heavy atom. The van der Waals surface area contributed by atoms with E-state index in [1.165, 1.54) is 0 Å². The summed E-state index contributed by atoms with van der Waals surface area (Å²) in [5.74, 6) is 0.0889. The summed E-state index contributed by atoms with van der Waals surface area (Å²) in [6, 6.07) is 0. The molecule has 0 aromatic rings. The van der Waals surface area contributed by atoms with E-state index in [1.807, 2.05) is 6.92 Å². The molecular formula is C6H12O4S. The molecule has 1 heterocycles. The SMILES string of the molecule is C[C@H]1COS(=O)(=O)OC1(C)C. The molecule has 0 spiro atoms. The summed E-state index contributed by atoms with van der Waals surface area (Å²) in [5.41, 5.74) is -0.642. The third kappa shape index (κ3) is 1.91. The fourth-order valence-corrected chi connectivity index (χ4v) is 1.86. The molecule has 1 fully saturated rings. The first-order chi connectivity index (χ1) is 4.83. The van der Waals surface area contributed by atoms with Gasteiger partial charge in [0, 0.05) is 5.92 Å². The standard InChI is InChI=1S/C6H12O4S/c1-5-4-9-11(7,8)10-6(5,2)3/h5H,4H2,1-3H3/t5-/m0/s1. The van der Waals surface area contributed by atoms with Crippen molar-refractivity contribution in [2.24, 2.45) is 5.92 Å². The highest BCUT2D eigenvalue weighted by Crippen LogP contribution is 2.28. The summed E-state index contributed by atoms with van der Waals surface area (Å²) in [7, 11) is -3.72. The van der Waals surface area contributed by atoms with E-state index < -0.39 is 16.0 Å². The Bertz CT molecular complexity index is 241. The van der Waals surface area contributed by atoms with E-state index in [4.69, 9.17) is 4.18 Å². The highest BCUT2D eigenvalue weighted by molar-refractivity contribution is 7.81. The fourth-order valence-electron chi connectivity index (χ4n) is 0.755. The summed E-state index contributed by atoms with van der Waals surface area (Å²) >= 11 is 0. The van der Waals surface area contributed by atoms with Gasteiger partial charge in [-0.2, -0.15) is 8.42 Å². The molecule has 5 heteroatoms. The van der Waals surface area contributed by atoms with Crippen molar-refractivity contribution < 1.29 is 16.8 Å². The van der Waals surface area contributed by atoms with E-state index in [2.05, 4.69) is 4.18 Å². The Hall–Kier alpha value is -0.130. The van der Waals surface area contributed by atoms with Gasteiger partial charge in [0.05, 0.1) is 12.2 Å². The Morgan fingerprint density at radius 3 is 2.36 bits per heavy atom. The maximum Gasteiger partial charge on any atom is 0.400 e. The van der Waals surface area contributed by atoms with Gasteiger partial charge >= 0.3 is 10.4 Å². The maximum atomic E-state index is 10.8. The molecule has 66 valence electrons. The molecule has 1 rings (SSSR count). The van der Waals surface area contributed by atoms with Crippen LogP contribution in [0.25, 0.3) is 0 Å². The average molecular weight is 180 g/mol. The first-order valence-electron chi connectivity index (χ1n) is 3.43. The van der Waals surface area contributed by atoms with E-state index in [-0.39, 0.29) is 12.5 Å². The molecule has 1 aliphatic heterocycles. The summed E-state index contributed by atoms with van der Waals surface area (Å²) < 4.78 is 30.7. The van der Waals surface area contributed by atoms with Crippen LogP contribution in [0.2, 0.25) is 0 Å². The van der Waals surface area contributed by atoms with E-state index in [1.54, 1.807) is 13.8 Å². The Labute approximate surface area is 66.8 Å². The highest BCUT2D eigenvalue weighted by atomic mass is 32.3.